The van der Waals surface area contributed by atoms with Crippen LogP contribution in [0.3, 0.4) is 0 Å². The molecule has 6 fully saturated rings. The van der Waals surface area contributed by atoms with Crippen LogP contribution in [0.2, 0.25) is 20.1 Å². The summed E-state index contributed by atoms with van der Waals surface area (Å²) in [5.41, 5.74) is 5.29. The number of nitrogens with two attached hydrogens (primary N) is 1. The molecule has 2 aromatic carbocycles. The molecule has 2 heterocycles. The fourth-order valence-electron chi connectivity index (χ4n) is 8.53. The predicted molar refractivity (Wildman–Crippen MR) is 213 cm³/mol. The number of carbonyl (C=O) groups excluding carboxylic acids is 3. The molecule has 3 amide bonds. The van der Waals surface area contributed by atoms with Gasteiger partial charge >= 0.3 is 5.97 Å². The molecule has 0 spiro atoms. The van der Waals surface area contributed by atoms with Gasteiger partial charge in [0.05, 0.1) is 49.8 Å². The van der Waals surface area contributed by atoms with Gasteiger partial charge in [-0.25, -0.2) is 18.7 Å². The molecule has 6 aliphatic carbocycles. The Bertz CT molecular complexity index is 2330. The lowest BCUT2D eigenvalue weighted by Crippen LogP contribution is -2.77. The van der Waals surface area contributed by atoms with Gasteiger partial charge in [0.25, 0.3) is 11.8 Å². The Morgan fingerprint density at radius 3 is 1.47 bits per heavy atom. The highest BCUT2D eigenvalue weighted by atomic mass is 35.5. The first kappa shape index (κ1) is 43.9. The number of pyridine rings is 2. The second kappa shape index (κ2) is 16.4. The van der Waals surface area contributed by atoms with Gasteiger partial charge in [0.2, 0.25) is 17.8 Å². The van der Waals surface area contributed by atoms with Gasteiger partial charge in [0.1, 0.15) is 0 Å². The van der Waals surface area contributed by atoms with Gasteiger partial charge in [0.15, 0.2) is 11.6 Å². The van der Waals surface area contributed by atoms with Crippen LogP contribution in [0.15, 0.2) is 60.9 Å². The molecule has 2 atom stereocenters. The maximum atomic E-state index is 13.3. The van der Waals surface area contributed by atoms with Gasteiger partial charge in [-0.05, 0) is 85.8 Å². The predicted octanol–water partition coefficient (Wildman–Crippen LogP) is 8.90. The lowest BCUT2D eigenvalue weighted by molar-refractivity contribution is -0.195. The number of carbonyl (C=O) groups is 4. The molecule has 11 nitrogen and oxygen atoms in total. The molecule has 0 saturated heterocycles. The van der Waals surface area contributed by atoms with Crippen LogP contribution in [0.4, 0.5) is 28.9 Å². The summed E-state index contributed by atoms with van der Waals surface area (Å²) in [5.74, 6) is -6.66. The molecule has 6 N–H and O–H groups in total. The van der Waals surface area contributed by atoms with E-state index in [0.717, 1.165) is 43.8 Å². The molecule has 0 unspecified atom stereocenters. The summed E-state index contributed by atoms with van der Waals surface area (Å²) in [6, 6.07) is 11.2. The maximum absolute atomic E-state index is 13.3. The van der Waals surface area contributed by atoms with E-state index in [9.17, 15) is 36.7 Å². The normalized spacial score (nSPS) is 24.9. The zero-order chi connectivity index (χ0) is 43.2. The number of nitrogens with one attached hydrogen (secondary N) is 3. The van der Waals surface area contributed by atoms with E-state index >= 15 is 0 Å². The van der Waals surface area contributed by atoms with E-state index < -0.39 is 29.5 Å². The number of rotatable bonds is 9. The SMILES string of the molecule is C[C@@H](C(=O)Nc1cnc(F)c(F)c1)C12CC(NC(=O)c3ccc(Cl)c(Cl)c3)(C1)C2.C[C@@H](C(=O)O)C12CC(NC(=O)c3ccc(Cl)c(Cl)c3)(C1)C2.Nc1cnc(F)c(F)c1. The average Bonchev–Trinajstić information content (AvgIpc) is 3.12. The first-order chi connectivity index (χ1) is 27.6. The quantitative estimate of drug-likeness (QED) is 0.0818. The smallest absolute Gasteiger partial charge is 0.306 e. The number of aromatic nitrogens is 2. The Kier molecular flexibility index (Phi) is 12.2. The molecule has 4 bridgehead atoms. The third-order valence-electron chi connectivity index (χ3n) is 11.7. The number of benzene rings is 2. The first-order valence-corrected chi connectivity index (χ1v) is 19.6. The molecule has 19 heteroatoms. The van der Waals surface area contributed by atoms with E-state index in [4.69, 9.17) is 57.2 Å². The van der Waals surface area contributed by atoms with E-state index in [1.54, 1.807) is 44.2 Å². The van der Waals surface area contributed by atoms with Crippen LogP contribution in [-0.2, 0) is 9.59 Å². The third kappa shape index (κ3) is 8.93. The summed E-state index contributed by atoms with van der Waals surface area (Å²) in [4.78, 5) is 54.6. The van der Waals surface area contributed by atoms with Crippen molar-refractivity contribution in [2.75, 3.05) is 11.1 Å². The van der Waals surface area contributed by atoms with Gasteiger partial charge in [-0.1, -0.05) is 60.3 Å². The van der Waals surface area contributed by atoms with Crippen LogP contribution in [0, 0.1) is 46.2 Å². The van der Waals surface area contributed by atoms with Crippen molar-refractivity contribution in [3.8, 4) is 0 Å². The average molecular weight is 899 g/mol. The van der Waals surface area contributed by atoms with Crippen molar-refractivity contribution >= 4 is 81.5 Å². The summed E-state index contributed by atoms with van der Waals surface area (Å²) in [7, 11) is 0. The molecule has 2 aromatic heterocycles. The Labute approximate surface area is 355 Å². The number of anilines is 2. The fourth-order valence-corrected chi connectivity index (χ4v) is 9.13. The van der Waals surface area contributed by atoms with Gasteiger partial charge in [-0.2, -0.15) is 8.78 Å². The van der Waals surface area contributed by atoms with Crippen LogP contribution >= 0.6 is 46.4 Å². The molecule has 59 heavy (non-hydrogen) atoms. The molecule has 312 valence electrons. The Morgan fingerprint density at radius 2 is 1.08 bits per heavy atom. The fraction of sp³-hybridized carbons (Fsp3) is 0.350. The van der Waals surface area contributed by atoms with Crippen molar-refractivity contribution in [3.63, 3.8) is 0 Å². The highest BCUT2D eigenvalue weighted by molar-refractivity contribution is 6.42. The van der Waals surface area contributed by atoms with Crippen LogP contribution in [0.5, 0.6) is 0 Å². The zero-order valence-corrected chi connectivity index (χ0v) is 34.3. The lowest BCUT2D eigenvalue weighted by Gasteiger charge is -2.72. The number of aliphatic carboxylic acids is 1. The van der Waals surface area contributed by atoms with Crippen LogP contribution in [0.1, 0.15) is 73.1 Å². The van der Waals surface area contributed by atoms with Crippen LogP contribution in [-0.4, -0.2) is 49.8 Å². The summed E-state index contributed by atoms with van der Waals surface area (Å²) in [5, 5.41) is 19.2. The van der Waals surface area contributed by atoms with E-state index in [1.807, 2.05) is 0 Å². The van der Waals surface area contributed by atoms with Crippen molar-refractivity contribution in [1.82, 2.24) is 20.6 Å². The van der Waals surface area contributed by atoms with Crippen molar-refractivity contribution in [2.45, 2.75) is 63.5 Å². The van der Waals surface area contributed by atoms with E-state index in [0.29, 0.717) is 50.5 Å². The van der Waals surface area contributed by atoms with Gasteiger partial charge in [-0.15, -0.1) is 0 Å². The van der Waals surface area contributed by atoms with Gasteiger partial charge < -0.3 is 26.8 Å². The molecular weight excluding hydrogens is 862 g/mol. The second-order valence-electron chi connectivity index (χ2n) is 15.8. The standard InChI is InChI=1S/C20H17Cl2F2N3O2.C15H15Cl2NO3.C5H4F2N2/c1-10(17(28)26-12-5-15(23)16(24)25-6-12)19-7-20(8-19,9-19)27-18(29)11-2-3-13(21)14(22)4-11;1-8(13(20)21)14-5-15(6-14,7-14)18-12(19)9-2-3-10(16)11(17)4-9;6-4-1-3(8)2-9-5(4)7/h2-6,10H,7-9H2,1H3,(H,26,28)(H,27,29);2-4,8H,5-7H2,1H3,(H,18,19)(H,20,21);1-2H,8H2/t10-,19?,20?;8-,14?,15?;/m00./s1. The van der Waals surface area contributed by atoms with E-state index in [1.165, 1.54) is 6.07 Å². The van der Waals surface area contributed by atoms with Crippen molar-refractivity contribution in [1.29, 1.82) is 0 Å². The molecular formula is C40H36Cl4F4N6O5. The van der Waals surface area contributed by atoms with Gasteiger partial charge in [0, 0.05) is 40.3 Å². The lowest BCUT2D eigenvalue weighted by atomic mass is 9.36. The molecule has 0 radical (unpaired) electrons. The van der Waals surface area contributed by atoms with E-state index in [2.05, 4.69) is 25.9 Å². The van der Waals surface area contributed by atoms with Crippen molar-refractivity contribution in [2.24, 2.45) is 22.7 Å². The Balaban J connectivity index is 0.000000169. The second-order valence-corrected chi connectivity index (χ2v) is 17.4. The number of nitrogens with zero attached hydrogens (tertiary/aromatic N) is 2. The van der Waals surface area contributed by atoms with E-state index in [-0.39, 0.29) is 62.8 Å². The number of carboxylic acids is 1. The molecule has 6 aliphatic rings. The number of hydrogen-bond donors (Lipinski definition) is 5. The summed E-state index contributed by atoms with van der Waals surface area (Å²) in [6.07, 6.45) is 6.37. The third-order valence-corrected chi connectivity index (χ3v) is 13.2. The molecule has 6 saturated carbocycles. The number of amides is 3. The summed E-state index contributed by atoms with van der Waals surface area (Å²) < 4.78 is 50.2. The maximum Gasteiger partial charge on any atom is 0.306 e. The zero-order valence-electron chi connectivity index (χ0n) is 31.2. The first-order valence-electron chi connectivity index (χ1n) is 18.1. The summed E-state index contributed by atoms with van der Waals surface area (Å²) >= 11 is 23.6. The monoisotopic (exact) mass is 896 g/mol. The topological polar surface area (TPSA) is 176 Å². The minimum Gasteiger partial charge on any atom is -0.481 e. The molecule has 0 aliphatic heterocycles. The van der Waals surface area contributed by atoms with Crippen LogP contribution < -0.4 is 21.7 Å². The molecule has 4 aromatic rings. The summed E-state index contributed by atoms with van der Waals surface area (Å²) in [6.45, 7) is 3.54. The minimum absolute atomic E-state index is 0.106. The van der Waals surface area contributed by atoms with Gasteiger partial charge in [-0.3, -0.25) is 19.2 Å². The minimum atomic E-state index is -1.21. The number of halogens is 8. The highest BCUT2D eigenvalue weighted by Gasteiger charge is 2.72. The van der Waals surface area contributed by atoms with Crippen molar-refractivity contribution in [3.05, 3.63) is 116 Å². The Hall–Kier alpha value is -4.70. The number of hydrogen-bond acceptors (Lipinski definition) is 7. The molecule has 10 rings (SSSR count). The highest BCUT2D eigenvalue weighted by Crippen LogP contribution is 2.71. The number of nitrogen functional groups attached to an aromatic ring is 1. The van der Waals surface area contributed by atoms with Crippen LogP contribution in [0.25, 0.3) is 0 Å². The largest absolute Gasteiger partial charge is 0.481 e. The number of carboxylic acid groups (broad SMARTS) is 1. The Morgan fingerprint density at radius 1 is 0.661 bits per heavy atom. The van der Waals surface area contributed by atoms with Crippen molar-refractivity contribution < 1.29 is 41.8 Å².